The van der Waals surface area contributed by atoms with Crippen LogP contribution in [0.15, 0.2) is 15.9 Å². The van der Waals surface area contributed by atoms with Crippen LogP contribution < -0.4 is 5.32 Å². The zero-order chi connectivity index (χ0) is 14.8. The van der Waals surface area contributed by atoms with E-state index in [1.165, 1.54) is 4.88 Å². The van der Waals surface area contributed by atoms with E-state index in [1.54, 1.807) is 11.3 Å². The Morgan fingerprint density at radius 1 is 1.50 bits per heavy atom. The van der Waals surface area contributed by atoms with Crippen LogP contribution in [0.4, 0.5) is 0 Å². The van der Waals surface area contributed by atoms with Crippen LogP contribution in [0, 0.1) is 0 Å². The van der Waals surface area contributed by atoms with Crippen molar-refractivity contribution < 1.29 is 4.79 Å². The largest absolute Gasteiger partial charge is 0.339 e. The highest BCUT2D eigenvalue weighted by atomic mass is 79.9. The van der Waals surface area contributed by atoms with Gasteiger partial charge in [-0.1, -0.05) is 0 Å². The maximum atomic E-state index is 12.7. The lowest BCUT2D eigenvalue weighted by atomic mass is 9.99. The lowest BCUT2D eigenvalue weighted by Crippen LogP contribution is -2.60. The Morgan fingerprint density at radius 3 is 2.70 bits per heavy atom. The van der Waals surface area contributed by atoms with Gasteiger partial charge in [-0.15, -0.1) is 11.3 Å². The molecule has 20 heavy (non-hydrogen) atoms. The SMILES string of the molecule is CN(Cc1cc(Br)cs1)C(=O)C(C)(C)N1CCNCC1. The molecule has 1 amide bonds. The second-order valence-corrected chi connectivity index (χ2v) is 7.60. The highest BCUT2D eigenvalue weighted by molar-refractivity contribution is 9.10. The molecule has 1 N–H and O–H groups in total. The lowest BCUT2D eigenvalue weighted by Gasteiger charge is -2.41. The Hall–Kier alpha value is -0.430. The molecule has 1 aromatic heterocycles. The van der Waals surface area contributed by atoms with Crippen molar-refractivity contribution in [2.75, 3.05) is 33.2 Å². The summed E-state index contributed by atoms with van der Waals surface area (Å²) in [5, 5.41) is 5.38. The Bertz CT molecular complexity index is 469. The van der Waals surface area contributed by atoms with Crippen molar-refractivity contribution in [3.8, 4) is 0 Å². The molecule has 0 spiro atoms. The number of likely N-dealkylation sites (N-methyl/N-ethyl adjacent to an activating group) is 1. The first-order valence-electron chi connectivity index (χ1n) is 6.85. The molecule has 1 fully saturated rings. The number of thiophene rings is 1. The molecule has 2 heterocycles. The number of carbonyl (C=O) groups excluding carboxylic acids is 1. The fourth-order valence-electron chi connectivity index (χ4n) is 2.57. The van der Waals surface area contributed by atoms with E-state index in [4.69, 9.17) is 0 Å². The van der Waals surface area contributed by atoms with Crippen molar-refractivity contribution in [2.24, 2.45) is 0 Å². The highest BCUT2D eigenvalue weighted by Gasteiger charge is 2.37. The zero-order valence-corrected chi connectivity index (χ0v) is 14.7. The standard InChI is InChI=1S/C14H22BrN3OS/c1-14(2,18-6-4-16-5-7-18)13(19)17(3)9-12-8-11(15)10-20-12/h8,10,16H,4-7,9H2,1-3H3. The molecule has 2 rings (SSSR count). The maximum absolute atomic E-state index is 12.7. The molecule has 1 aliphatic heterocycles. The number of hydrogen-bond donors (Lipinski definition) is 1. The van der Waals surface area contributed by atoms with Crippen molar-refractivity contribution in [3.63, 3.8) is 0 Å². The van der Waals surface area contributed by atoms with Crippen LogP contribution in [0.1, 0.15) is 18.7 Å². The van der Waals surface area contributed by atoms with Crippen molar-refractivity contribution >= 4 is 33.2 Å². The molecule has 0 atom stereocenters. The average Bonchev–Trinajstić information content (AvgIpc) is 2.84. The van der Waals surface area contributed by atoms with Crippen LogP contribution >= 0.6 is 27.3 Å². The molecule has 1 saturated heterocycles. The summed E-state index contributed by atoms with van der Waals surface area (Å²) < 4.78 is 1.08. The predicted octanol–water partition coefficient (Wildman–Crippen LogP) is 2.15. The van der Waals surface area contributed by atoms with Crippen LogP contribution in [0.5, 0.6) is 0 Å². The summed E-state index contributed by atoms with van der Waals surface area (Å²) in [5.74, 6) is 0.184. The van der Waals surface area contributed by atoms with Gasteiger partial charge < -0.3 is 10.2 Å². The van der Waals surface area contributed by atoms with E-state index in [-0.39, 0.29) is 5.91 Å². The van der Waals surface area contributed by atoms with Gasteiger partial charge in [0.2, 0.25) is 5.91 Å². The third kappa shape index (κ3) is 3.61. The maximum Gasteiger partial charge on any atom is 0.242 e. The van der Waals surface area contributed by atoms with Gasteiger partial charge in [0.1, 0.15) is 0 Å². The van der Waals surface area contributed by atoms with E-state index in [9.17, 15) is 4.79 Å². The fraction of sp³-hybridized carbons (Fsp3) is 0.643. The highest BCUT2D eigenvalue weighted by Crippen LogP contribution is 2.23. The zero-order valence-electron chi connectivity index (χ0n) is 12.3. The molecule has 0 saturated carbocycles. The summed E-state index contributed by atoms with van der Waals surface area (Å²) in [6.45, 7) is 8.50. The van der Waals surface area contributed by atoms with Crippen LogP contribution in [-0.2, 0) is 11.3 Å². The third-order valence-corrected chi connectivity index (χ3v) is 5.47. The van der Waals surface area contributed by atoms with Crippen molar-refractivity contribution in [3.05, 3.63) is 20.8 Å². The normalized spacial score (nSPS) is 17.2. The quantitative estimate of drug-likeness (QED) is 0.894. The molecule has 0 aliphatic carbocycles. The number of hydrogen-bond acceptors (Lipinski definition) is 4. The van der Waals surface area contributed by atoms with Crippen LogP contribution in [0.3, 0.4) is 0 Å². The van der Waals surface area contributed by atoms with Crippen LogP contribution in [0.25, 0.3) is 0 Å². The molecule has 112 valence electrons. The summed E-state index contributed by atoms with van der Waals surface area (Å²) in [6, 6.07) is 2.08. The van der Waals surface area contributed by atoms with Crippen LogP contribution in [0.2, 0.25) is 0 Å². The minimum atomic E-state index is -0.439. The van der Waals surface area contributed by atoms with E-state index in [1.807, 2.05) is 25.8 Å². The number of nitrogens with one attached hydrogen (secondary N) is 1. The van der Waals surface area contributed by atoms with E-state index in [0.29, 0.717) is 6.54 Å². The number of rotatable bonds is 4. The average molecular weight is 360 g/mol. The van der Waals surface area contributed by atoms with Crippen molar-refractivity contribution in [2.45, 2.75) is 25.9 Å². The number of halogens is 1. The first-order chi connectivity index (χ1) is 9.41. The number of nitrogens with zero attached hydrogens (tertiary/aromatic N) is 2. The van der Waals surface area contributed by atoms with E-state index >= 15 is 0 Å². The number of piperazine rings is 1. The summed E-state index contributed by atoms with van der Waals surface area (Å²) in [4.78, 5) is 18.0. The van der Waals surface area contributed by atoms with Crippen molar-refractivity contribution in [1.29, 1.82) is 0 Å². The first kappa shape index (κ1) is 15.9. The van der Waals surface area contributed by atoms with Gasteiger partial charge >= 0.3 is 0 Å². The molecule has 1 aromatic rings. The van der Waals surface area contributed by atoms with E-state index < -0.39 is 5.54 Å². The predicted molar refractivity (Wildman–Crippen MR) is 87.0 cm³/mol. The minimum absolute atomic E-state index is 0.184. The molecule has 6 heteroatoms. The number of amides is 1. The first-order valence-corrected chi connectivity index (χ1v) is 8.53. The Kier molecular flexibility index (Phi) is 5.23. The summed E-state index contributed by atoms with van der Waals surface area (Å²) in [5.41, 5.74) is -0.439. The molecular weight excluding hydrogens is 338 g/mol. The van der Waals surface area contributed by atoms with Gasteiger partial charge in [0.05, 0.1) is 12.1 Å². The van der Waals surface area contributed by atoms with Crippen molar-refractivity contribution in [1.82, 2.24) is 15.1 Å². The fourth-order valence-corrected chi connectivity index (χ4v) is 4.07. The smallest absolute Gasteiger partial charge is 0.242 e. The summed E-state index contributed by atoms with van der Waals surface area (Å²) in [6.07, 6.45) is 0. The Morgan fingerprint density at radius 2 is 2.15 bits per heavy atom. The molecule has 0 aromatic carbocycles. The van der Waals surface area contributed by atoms with E-state index in [2.05, 4.69) is 37.6 Å². The van der Waals surface area contributed by atoms with Gasteiger partial charge in [-0.05, 0) is 35.8 Å². The summed E-state index contributed by atoms with van der Waals surface area (Å²) >= 11 is 5.13. The molecule has 0 radical (unpaired) electrons. The van der Waals surface area contributed by atoms with Gasteiger partial charge in [0.15, 0.2) is 0 Å². The van der Waals surface area contributed by atoms with Gasteiger partial charge in [-0.2, -0.15) is 0 Å². The minimum Gasteiger partial charge on any atom is -0.339 e. The van der Waals surface area contributed by atoms with Gasteiger partial charge in [0.25, 0.3) is 0 Å². The topological polar surface area (TPSA) is 35.6 Å². The van der Waals surface area contributed by atoms with Gasteiger partial charge in [0, 0.05) is 48.0 Å². The third-order valence-electron chi connectivity index (χ3n) is 3.79. The van der Waals surface area contributed by atoms with Gasteiger partial charge in [-0.25, -0.2) is 0 Å². The molecular formula is C14H22BrN3OS. The Labute approximate surface area is 133 Å². The summed E-state index contributed by atoms with van der Waals surface area (Å²) in [7, 11) is 1.89. The van der Waals surface area contributed by atoms with E-state index in [0.717, 1.165) is 30.7 Å². The molecule has 0 unspecified atom stereocenters. The lowest BCUT2D eigenvalue weighted by molar-refractivity contribution is -0.142. The molecule has 0 bridgehead atoms. The second-order valence-electron chi connectivity index (χ2n) is 5.69. The Balaban J connectivity index is 2.00. The number of carbonyl (C=O) groups is 1. The van der Waals surface area contributed by atoms with Crippen LogP contribution in [-0.4, -0.2) is 54.5 Å². The molecule has 1 aliphatic rings. The van der Waals surface area contributed by atoms with Gasteiger partial charge in [-0.3, -0.25) is 9.69 Å². The molecule has 4 nitrogen and oxygen atoms in total. The second kappa shape index (κ2) is 6.56. The monoisotopic (exact) mass is 359 g/mol.